The van der Waals surface area contributed by atoms with Crippen molar-refractivity contribution < 1.29 is 45.1 Å². The van der Waals surface area contributed by atoms with E-state index in [1.54, 1.807) is 36.4 Å². The predicted molar refractivity (Wildman–Crippen MR) is 147 cm³/mol. The largest absolute Gasteiger partial charge is 0.688 e. The molecule has 0 aliphatic carbocycles. The molecule has 4 aromatic carbocycles. The normalized spacial score (nSPS) is 13.4. The van der Waals surface area contributed by atoms with E-state index in [9.17, 15) is 26.4 Å². The number of fused-ring (bicyclic) bond motifs is 1. The summed E-state index contributed by atoms with van der Waals surface area (Å²) in [6.07, 6.45) is -5.52. The van der Waals surface area contributed by atoms with Crippen LogP contribution in [-0.2, 0) is 19.5 Å². The minimum absolute atomic E-state index is 0.0610. The lowest BCUT2D eigenvalue weighted by Crippen LogP contribution is -2.67. The maximum Gasteiger partial charge on any atom is 0.688 e. The molecule has 5 rings (SSSR count). The van der Waals surface area contributed by atoms with Gasteiger partial charge < -0.3 is 22.9 Å². The lowest BCUT2D eigenvalue weighted by atomic mass is 9.94. The van der Waals surface area contributed by atoms with Gasteiger partial charge in [-0.15, -0.1) is 0 Å². The number of hydrogen-bond acceptors (Lipinski definition) is 7. The number of methoxy groups -OCH3 is 1. The second-order valence-corrected chi connectivity index (χ2v) is 10.6. The topological polar surface area (TPSA) is 91.4 Å². The Labute approximate surface area is 239 Å². The van der Waals surface area contributed by atoms with Crippen molar-refractivity contribution in [2.24, 2.45) is 0 Å². The molecule has 0 amide bonds. The molecule has 0 unspecified atom stereocenters. The molecule has 4 aromatic rings. The zero-order valence-corrected chi connectivity index (χ0v) is 22.6. The molecule has 0 bridgehead atoms. The number of anilines is 1. The summed E-state index contributed by atoms with van der Waals surface area (Å²) in [5.41, 5.74) is 0.381. The van der Waals surface area contributed by atoms with Crippen molar-refractivity contribution in [1.82, 2.24) is 0 Å². The van der Waals surface area contributed by atoms with Crippen molar-refractivity contribution in [2.45, 2.75) is 11.1 Å². The van der Waals surface area contributed by atoms with Gasteiger partial charge in [-0.3, -0.25) is 0 Å². The van der Waals surface area contributed by atoms with E-state index in [4.69, 9.17) is 18.7 Å². The van der Waals surface area contributed by atoms with Crippen LogP contribution in [0, 0.1) is 11.8 Å². The zero-order valence-electron chi connectivity index (χ0n) is 21.7. The van der Waals surface area contributed by atoms with Gasteiger partial charge in [0, 0.05) is 16.8 Å². The molecular weight excluding hydrogens is 574 g/mol. The standard InChI is InChI=1S/C29H20BF3NO7S/c1-38-23-17-19-24(20-18-23)42(36,37)34(25-12-6-5-11-22(25)16-15-21-9-3-2-4-10-21)30(41-28(35)29(31,32)33)39-26-13-7-8-14-27(26)40-30/h2-14,17-20H,1H3/q-1. The van der Waals surface area contributed by atoms with Gasteiger partial charge >= 0.3 is 19.0 Å². The van der Waals surface area contributed by atoms with E-state index in [-0.39, 0.29) is 27.6 Å². The quantitative estimate of drug-likeness (QED) is 0.221. The lowest BCUT2D eigenvalue weighted by Gasteiger charge is -2.44. The van der Waals surface area contributed by atoms with E-state index in [1.165, 1.54) is 73.8 Å². The third kappa shape index (κ3) is 5.57. The van der Waals surface area contributed by atoms with Crippen LogP contribution in [0.25, 0.3) is 0 Å². The van der Waals surface area contributed by atoms with Crippen LogP contribution in [0.15, 0.2) is 108 Å². The summed E-state index contributed by atoms with van der Waals surface area (Å²) in [5.74, 6) is 3.06. The van der Waals surface area contributed by atoms with Crippen LogP contribution < -0.4 is 18.3 Å². The number of carbonyl (C=O) groups excluding carboxylic acids is 1. The average Bonchev–Trinajstić information content (AvgIpc) is 3.35. The summed E-state index contributed by atoms with van der Waals surface area (Å²) in [6.45, 7) is -4.23. The highest BCUT2D eigenvalue weighted by Gasteiger charge is 2.58. The molecule has 1 heterocycles. The first-order chi connectivity index (χ1) is 20.0. The Bertz CT molecular complexity index is 1760. The smallest absolute Gasteiger partial charge is 0.626 e. The van der Waals surface area contributed by atoms with Crippen molar-refractivity contribution in [3.63, 3.8) is 0 Å². The van der Waals surface area contributed by atoms with Gasteiger partial charge in [0.05, 0.1) is 12.0 Å². The minimum atomic E-state index is -5.52. The molecule has 0 spiro atoms. The number of carbonyl (C=O) groups is 1. The Balaban J connectivity index is 1.76. The molecule has 42 heavy (non-hydrogen) atoms. The fourth-order valence-electron chi connectivity index (χ4n) is 4.15. The maximum absolute atomic E-state index is 14.4. The third-order valence-corrected chi connectivity index (χ3v) is 7.89. The van der Waals surface area contributed by atoms with Gasteiger partial charge in [-0.2, -0.15) is 13.2 Å². The van der Waals surface area contributed by atoms with Gasteiger partial charge in [0.25, 0.3) is 0 Å². The fraction of sp³-hybridized carbons (Fsp3) is 0.0690. The average molecular weight is 594 g/mol. The number of ether oxygens (including phenoxy) is 1. The van der Waals surface area contributed by atoms with E-state index < -0.39 is 29.1 Å². The third-order valence-electron chi connectivity index (χ3n) is 6.05. The van der Waals surface area contributed by atoms with E-state index in [0.29, 0.717) is 15.5 Å². The molecule has 0 aromatic heterocycles. The number of sulfonamides is 1. The zero-order chi connectivity index (χ0) is 30.0. The number of benzene rings is 4. The van der Waals surface area contributed by atoms with Gasteiger partial charge in [0.1, 0.15) is 17.2 Å². The maximum atomic E-state index is 14.4. The van der Waals surface area contributed by atoms with Gasteiger partial charge in [0.15, 0.2) is 0 Å². The Kier molecular flexibility index (Phi) is 7.49. The SMILES string of the molecule is COc1ccc(S(=O)(=O)N(c2ccccc2C#Cc2ccccc2)[B-]2(OC(=O)C(F)(F)F)Oc3ccccc3O2)cc1. The number of para-hydroxylation sites is 3. The molecule has 0 saturated carbocycles. The van der Waals surface area contributed by atoms with Crippen molar-refractivity contribution >= 4 is 28.6 Å². The van der Waals surface area contributed by atoms with E-state index in [1.807, 2.05) is 0 Å². The highest BCUT2D eigenvalue weighted by Crippen LogP contribution is 2.43. The second-order valence-electron chi connectivity index (χ2n) is 8.80. The van der Waals surface area contributed by atoms with E-state index >= 15 is 0 Å². The van der Waals surface area contributed by atoms with Crippen LogP contribution in [0.3, 0.4) is 0 Å². The van der Waals surface area contributed by atoms with Crippen LogP contribution >= 0.6 is 0 Å². The van der Waals surface area contributed by atoms with Gasteiger partial charge in [0.2, 0.25) is 10.0 Å². The molecule has 1 aliphatic heterocycles. The van der Waals surface area contributed by atoms with Crippen molar-refractivity contribution in [3.8, 4) is 29.1 Å². The van der Waals surface area contributed by atoms with E-state index in [0.717, 1.165) is 0 Å². The van der Waals surface area contributed by atoms with Crippen LogP contribution in [0.4, 0.5) is 18.9 Å². The molecule has 1 aliphatic rings. The number of nitrogens with zero attached hydrogens (tertiary/aromatic N) is 1. The Morgan fingerprint density at radius 2 is 1.38 bits per heavy atom. The van der Waals surface area contributed by atoms with Gasteiger partial charge in [-0.1, -0.05) is 54.3 Å². The Morgan fingerprint density at radius 3 is 1.98 bits per heavy atom. The van der Waals surface area contributed by atoms with Crippen LogP contribution in [0.2, 0.25) is 0 Å². The molecule has 0 fully saturated rings. The molecule has 8 nitrogen and oxygen atoms in total. The second kappa shape index (κ2) is 11.1. The highest BCUT2D eigenvalue weighted by atomic mass is 32.2. The van der Waals surface area contributed by atoms with Crippen molar-refractivity contribution in [2.75, 3.05) is 11.3 Å². The molecule has 214 valence electrons. The summed E-state index contributed by atoms with van der Waals surface area (Å²) in [6, 6.07) is 25.2. The first-order valence-corrected chi connectivity index (χ1v) is 13.7. The van der Waals surface area contributed by atoms with Crippen LogP contribution in [0.1, 0.15) is 11.1 Å². The molecule has 13 heteroatoms. The molecular formula is C29H20BF3NO7S-. The summed E-state index contributed by atoms with van der Waals surface area (Å²) < 4.78 is 91.2. The number of alkyl halides is 3. The molecule has 0 saturated heterocycles. The summed E-state index contributed by atoms with van der Waals surface area (Å²) in [5, 5.41) is 0. The number of rotatable bonds is 6. The predicted octanol–water partition coefficient (Wildman–Crippen LogP) is 5.30. The number of halogens is 3. The first kappa shape index (κ1) is 28.4. The minimum Gasteiger partial charge on any atom is -0.626 e. The Hall–Kier alpha value is -5.09. The van der Waals surface area contributed by atoms with Gasteiger partial charge in [-0.05, 0) is 60.7 Å². The fourth-order valence-corrected chi connectivity index (χ4v) is 5.74. The van der Waals surface area contributed by atoms with Crippen LogP contribution in [0.5, 0.6) is 17.2 Å². The monoisotopic (exact) mass is 594 g/mol. The highest BCUT2D eigenvalue weighted by molar-refractivity contribution is 7.94. The summed E-state index contributed by atoms with van der Waals surface area (Å²) in [7, 11) is -3.51. The Morgan fingerprint density at radius 1 is 0.810 bits per heavy atom. The lowest BCUT2D eigenvalue weighted by molar-refractivity contribution is -0.192. The molecule has 0 N–H and O–H groups in total. The van der Waals surface area contributed by atoms with E-state index in [2.05, 4.69) is 11.8 Å². The van der Waals surface area contributed by atoms with Crippen molar-refractivity contribution in [3.05, 3.63) is 114 Å². The molecule has 0 atom stereocenters. The first-order valence-electron chi connectivity index (χ1n) is 12.3. The molecule has 0 radical (unpaired) electrons. The summed E-state index contributed by atoms with van der Waals surface area (Å²) in [4.78, 5) is 11.9. The van der Waals surface area contributed by atoms with Crippen LogP contribution in [-0.4, -0.2) is 34.6 Å². The van der Waals surface area contributed by atoms with Crippen molar-refractivity contribution in [1.29, 1.82) is 0 Å². The summed E-state index contributed by atoms with van der Waals surface area (Å²) >= 11 is 0. The number of hydrogen-bond donors (Lipinski definition) is 0. The van der Waals surface area contributed by atoms with Gasteiger partial charge in [-0.25, -0.2) is 13.2 Å².